The standard InChI is InChI=1S/C21H24O2/c1-3-4-5-6-11-23-19-8-10-21-18(14-19)13-17-12-16(15(2)22)7-9-20(17)21/h7-10,12,14H,3-6,11,13H2,1-2H3. The van der Waals surface area contributed by atoms with Crippen LogP contribution in [0.25, 0.3) is 11.1 Å². The van der Waals surface area contributed by atoms with E-state index < -0.39 is 0 Å². The number of hydrogen-bond acceptors (Lipinski definition) is 2. The maximum Gasteiger partial charge on any atom is 0.159 e. The van der Waals surface area contributed by atoms with Gasteiger partial charge in [0, 0.05) is 5.56 Å². The molecule has 23 heavy (non-hydrogen) atoms. The normalized spacial score (nSPS) is 11.9. The van der Waals surface area contributed by atoms with Crippen LogP contribution in [0.15, 0.2) is 36.4 Å². The molecule has 0 amide bonds. The summed E-state index contributed by atoms with van der Waals surface area (Å²) in [5.41, 5.74) is 5.86. The molecule has 0 spiro atoms. The van der Waals surface area contributed by atoms with E-state index >= 15 is 0 Å². The van der Waals surface area contributed by atoms with Crippen LogP contribution in [0.3, 0.4) is 0 Å². The molecule has 2 aromatic carbocycles. The number of rotatable bonds is 7. The Bertz CT molecular complexity index is 716. The number of ketones is 1. The number of Topliss-reactive ketones (excluding diaryl/α,β-unsaturated/α-hetero) is 1. The van der Waals surface area contributed by atoms with Crippen LogP contribution in [0.5, 0.6) is 5.75 Å². The Balaban J connectivity index is 1.70. The van der Waals surface area contributed by atoms with E-state index in [0.29, 0.717) is 0 Å². The van der Waals surface area contributed by atoms with Crippen LogP contribution in [0.2, 0.25) is 0 Å². The zero-order chi connectivity index (χ0) is 16.2. The largest absolute Gasteiger partial charge is 0.494 e. The van der Waals surface area contributed by atoms with Gasteiger partial charge in [-0.2, -0.15) is 0 Å². The molecule has 0 saturated heterocycles. The van der Waals surface area contributed by atoms with E-state index in [1.54, 1.807) is 6.92 Å². The first kappa shape index (κ1) is 15.8. The molecule has 1 aliphatic carbocycles. The third kappa shape index (κ3) is 3.47. The van der Waals surface area contributed by atoms with Crippen LogP contribution in [0.1, 0.15) is 61.0 Å². The summed E-state index contributed by atoms with van der Waals surface area (Å²) in [4.78, 5) is 11.5. The molecule has 3 rings (SSSR count). The van der Waals surface area contributed by atoms with Crippen molar-refractivity contribution in [2.45, 2.75) is 46.0 Å². The quantitative estimate of drug-likeness (QED) is 0.430. The van der Waals surface area contributed by atoms with Gasteiger partial charge in [0.15, 0.2) is 5.78 Å². The molecule has 0 N–H and O–H groups in total. The highest BCUT2D eigenvalue weighted by Gasteiger charge is 2.19. The molecule has 0 aromatic heterocycles. The van der Waals surface area contributed by atoms with Crippen molar-refractivity contribution in [3.8, 4) is 16.9 Å². The number of carbonyl (C=O) groups excluding carboxylic acids is 1. The van der Waals surface area contributed by atoms with Crippen LogP contribution in [0.4, 0.5) is 0 Å². The minimum atomic E-state index is 0.125. The molecule has 0 atom stereocenters. The van der Waals surface area contributed by atoms with Crippen LogP contribution in [-0.2, 0) is 6.42 Å². The zero-order valence-electron chi connectivity index (χ0n) is 14.0. The molecule has 2 nitrogen and oxygen atoms in total. The monoisotopic (exact) mass is 308 g/mol. The summed E-state index contributed by atoms with van der Waals surface area (Å²) in [5.74, 6) is 1.08. The minimum absolute atomic E-state index is 0.125. The number of ether oxygens (including phenoxy) is 1. The van der Waals surface area contributed by atoms with E-state index in [4.69, 9.17) is 4.74 Å². The van der Waals surface area contributed by atoms with Crippen molar-refractivity contribution in [2.24, 2.45) is 0 Å². The zero-order valence-corrected chi connectivity index (χ0v) is 14.0. The van der Waals surface area contributed by atoms with Crippen molar-refractivity contribution in [1.29, 1.82) is 0 Å². The van der Waals surface area contributed by atoms with E-state index in [-0.39, 0.29) is 5.78 Å². The maximum absolute atomic E-state index is 11.5. The van der Waals surface area contributed by atoms with Crippen molar-refractivity contribution >= 4 is 5.78 Å². The highest BCUT2D eigenvalue weighted by molar-refractivity contribution is 5.95. The molecule has 0 saturated carbocycles. The van der Waals surface area contributed by atoms with Gasteiger partial charge in [0.1, 0.15) is 5.75 Å². The molecule has 0 unspecified atom stereocenters. The fourth-order valence-electron chi connectivity index (χ4n) is 3.21. The van der Waals surface area contributed by atoms with Crippen molar-refractivity contribution in [3.63, 3.8) is 0 Å². The van der Waals surface area contributed by atoms with Crippen LogP contribution < -0.4 is 4.74 Å². The molecule has 2 aromatic rings. The van der Waals surface area contributed by atoms with Gasteiger partial charge in [-0.1, -0.05) is 44.4 Å². The fraction of sp³-hybridized carbons (Fsp3) is 0.381. The van der Waals surface area contributed by atoms with Crippen LogP contribution >= 0.6 is 0 Å². The summed E-state index contributed by atoms with van der Waals surface area (Å²) in [6.45, 7) is 4.63. The SMILES string of the molecule is CCCCCCOc1ccc2c(c1)Cc1cc(C(C)=O)ccc1-2. The topological polar surface area (TPSA) is 26.3 Å². The summed E-state index contributed by atoms with van der Waals surface area (Å²) in [6.07, 6.45) is 5.77. The second-order valence-corrected chi connectivity index (χ2v) is 6.33. The van der Waals surface area contributed by atoms with Gasteiger partial charge in [0.2, 0.25) is 0 Å². The highest BCUT2D eigenvalue weighted by atomic mass is 16.5. The number of fused-ring (bicyclic) bond motifs is 3. The Hall–Kier alpha value is -2.09. The lowest BCUT2D eigenvalue weighted by atomic mass is 10.0. The second-order valence-electron chi connectivity index (χ2n) is 6.33. The van der Waals surface area contributed by atoms with Gasteiger partial charge in [-0.3, -0.25) is 4.79 Å². The van der Waals surface area contributed by atoms with Gasteiger partial charge >= 0.3 is 0 Å². The molecule has 120 valence electrons. The molecular formula is C21H24O2. The summed E-state index contributed by atoms with van der Waals surface area (Å²) in [6, 6.07) is 12.4. The molecule has 0 radical (unpaired) electrons. The van der Waals surface area contributed by atoms with Gasteiger partial charge in [-0.05, 0) is 60.2 Å². The molecule has 0 heterocycles. The van der Waals surface area contributed by atoms with E-state index in [1.165, 1.54) is 41.5 Å². The molecule has 2 heteroatoms. The Kier molecular flexibility index (Phi) is 4.80. The third-order valence-electron chi connectivity index (χ3n) is 4.53. The van der Waals surface area contributed by atoms with E-state index in [9.17, 15) is 4.79 Å². The molecule has 0 fully saturated rings. The molecule has 0 bridgehead atoms. The lowest BCUT2D eigenvalue weighted by molar-refractivity contribution is 0.101. The maximum atomic E-state index is 11.5. The number of unbranched alkanes of at least 4 members (excludes halogenated alkanes) is 3. The van der Waals surface area contributed by atoms with Crippen molar-refractivity contribution < 1.29 is 9.53 Å². The Morgan fingerprint density at radius 1 is 1.00 bits per heavy atom. The first-order valence-corrected chi connectivity index (χ1v) is 8.59. The number of hydrogen-bond donors (Lipinski definition) is 0. The lowest BCUT2D eigenvalue weighted by Crippen LogP contribution is -1.97. The summed E-state index contributed by atoms with van der Waals surface area (Å²) in [5, 5.41) is 0. The Morgan fingerprint density at radius 2 is 1.74 bits per heavy atom. The average molecular weight is 308 g/mol. The first-order chi connectivity index (χ1) is 11.2. The fourth-order valence-corrected chi connectivity index (χ4v) is 3.21. The molecule has 1 aliphatic rings. The van der Waals surface area contributed by atoms with Gasteiger partial charge in [-0.15, -0.1) is 0 Å². The average Bonchev–Trinajstić information content (AvgIpc) is 2.91. The summed E-state index contributed by atoms with van der Waals surface area (Å²) >= 11 is 0. The van der Waals surface area contributed by atoms with Gasteiger partial charge in [-0.25, -0.2) is 0 Å². The first-order valence-electron chi connectivity index (χ1n) is 8.59. The van der Waals surface area contributed by atoms with Gasteiger partial charge in [0.05, 0.1) is 6.61 Å². The molecular weight excluding hydrogens is 284 g/mol. The van der Waals surface area contributed by atoms with E-state index in [1.807, 2.05) is 12.1 Å². The van der Waals surface area contributed by atoms with Crippen molar-refractivity contribution in [1.82, 2.24) is 0 Å². The van der Waals surface area contributed by atoms with Crippen LogP contribution in [0, 0.1) is 0 Å². The smallest absolute Gasteiger partial charge is 0.159 e. The van der Waals surface area contributed by atoms with Crippen LogP contribution in [-0.4, -0.2) is 12.4 Å². The molecule has 0 aliphatic heterocycles. The summed E-state index contributed by atoms with van der Waals surface area (Å²) in [7, 11) is 0. The highest BCUT2D eigenvalue weighted by Crippen LogP contribution is 2.38. The predicted molar refractivity (Wildman–Crippen MR) is 94.3 cm³/mol. The number of benzene rings is 2. The number of carbonyl (C=O) groups is 1. The third-order valence-corrected chi connectivity index (χ3v) is 4.53. The summed E-state index contributed by atoms with van der Waals surface area (Å²) < 4.78 is 5.88. The lowest BCUT2D eigenvalue weighted by Gasteiger charge is -2.08. The van der Waals surface area contributed by atoms with Gasteiger partial charge < -0.3 is 4.74 Å². The predicted octanol–water partition coefficient (Wildman–Crippen LogP) is 5.42. The van der Waals surface area contributed by atoms with E-state index in [2.05, 4.69) is 31.2 Å². The Labute approximate surface area is 138 Å². The van der Waals surface area contributed by atoms with E-state index in [0.717, 1.165) is 30.8 Å². The Morgan fingerprint density at radius 3 is 2.48 bits per heavy atom. The second kappa shape index (κ2) is 6.99. The van der Waals surface area contributed by atoms with Crippen molar-refractivity contribution in [3.05, 3.63) is 53.1 Å². The van der Waals surface area contributed by atoms with Crippen molar-refractivity contribution in [2.75, 3.05) is 6.61 Å². The minimum Gasteiger partial charge on any atom is -0.494 e. The van der Waals surface area contributed by atoms with Gasteiger partial charge in [0.25, 0.3) is 0 Å².